The number of nitrogens with one attached hydrogen (secondary N) is 1. The van der Waals surface area contributed by atoms with Gasteiger partial charge < -0.3 is 10.1 Å². The van der Waals surface area contributed by atoms with Crippen LogP contribution in [0.15, 0.2) is 0 Å². The van der Waals surface area contributed by atoms with Crippen molar-refractivity contribution in [1.29, 1.82) is 0 Å². The first-order valence-corrected chi connectivity index (χ1v) is 7.90. The van der Waals surface area contributed by atoms with Crippen LogP contribution in [0.4, 0.5) is 0 Å². The minimum absolute atomic E-state index is 0.0581. The van der Waals surface area contributed by atoms with Crippen LogP contribution in [0, 0.1) is 0 Å². The molecule has 1 heterocycles. The Hall–Kier alpha value is -0.620. The molecule has 0 amide bonds. The van der Waals surface area contributed by atoms with Crippen LogP contribution >= 0.6 is 0 Å². The van der Waals surface area contributed by atoms with Crippen molar-refractivity contribution in [3.8, 4) is 0 Å². The highest BCUT2D eigenvalue weighted by molar-refractivity contribution is 7.91. The summed E-state index contributed by atoms with van der Waals surface area (Å²) in [7, 11) is -2.98. The van der Waals surface area contributed by atoms with Crippen LogP contribution in [-0.4, -0.2) is 44.6 Å². The Morgan fingerprint density at radius 2 is 1.88 bits per heavy atom. The number of carbonyl (C=O) groups excluding carboxylic acids is 1. The molecule has 1 fully saturated rings. The van der Waals surface area contributed by atoms with Gasteiger partial charge in [0.25, 0.3) is 0 Å². The van der Waals surface area contributed by atoms with Crippen molar-refractivity contribution in [2.45, 2.75) is 38.6 Å². The third-order valence-electron chi connectivity index (χ3n) is 3.06. The summed E-state index contributed by atoms with van der Waals surface area (Å²) in [5.41, 5.74) is -0.794. The van der Waals surface area contributed by atoms with Crippen molar-refractivity contribution in [2.24, 2.45) is 0 Å². The molecule has 0 spiro atoms. The molecule has 0 atom stereocenters. The zero-order valence-corrected chi connectivity index (χ0v) is 11.3. The highest BCUT2D eigenvalue weighted by Gasteiger charge is 2.44. The fraction of sp³-hybridized carbons (Fsp3) is 0.909. The highest BCUT2D eigenvalue weighted by Crippen LogP contribution is 2.25. The zero-order valence-electron chi connectivity index (χ0n) is 10.5. The maximum Gasteiger partial charge on any atom is 0.326 e. The summed E-state index contributed by atoms with van der Waals surface area (Å²) in [4.78, 5) is 12.0. The minimum Gasteiger partial charge on any atom is -0.465 e. The smallest absolute Gasteiger partial charge is 0.326 e. The van der Waals surface area contributed by atoms with E-state index < -0.39 is 15.4 Å². The minimum atomic E-state index is -2.98. The molecule has 1 rings (SSSR count). The van der Waals surface area contributed by atoms with Gasteiger partial charge in [0.15, 0.2) is 0 Å². The molecule has 1 aliphatic heterocycles. The van der Waals surface area contributed by atoms with Crippen LogP contribution in [0.3, 0.4) is 0 Å². The second-order valence-corrected chi connectivity index (χ2v) is 6.68. The number of carbonyl (C=O) groups is 1. The molecule has 0 aliphatic carbocycles. The molecule has 1 N–H and O–H groups in total. The second-order valence-electron chi connectivity index (χ2n) is 4.38. The molecular formula is C11H21NO4S. The van der Waals surface area contributed by atoms with E-state index in [0.717, 1.165) is 6.42 Å². The molecule has 0 saturated carbocycles. The third kappa shape index (κ3) is 3.67. The van der Waals surface area contributed by atoms with Crippen molar-refractivity contribution in [2.75, 3.05) is 24.7 Å². The molecule has 0 aromatic carbocycles. The largest absolute Gasteiger partial charge is 0.465 e. The maximum absolute atomic E-state index is 12.0. The summed E-state index contributed by atoms with van der Waals surface area (Å²) in [6.45, 7) is 4.77. The van der Waals surface area contributed by atoms with Crippen LogP contribution in [0.25, 0.3) is 0 Å². The predicted octanol–water partition coefficient (Wildman–Crippen LogP) is 0.496. The molecule has 100 valence electrons. The fourth-order valence-electron chi connectivity index (χ4n) is 1.97. The van der Waals surface area contributed by atoms with Gasteiger partial charge in [0.2, 0.25) is 0 Å². The van der Waals surface area contributed by atoms with Gasteiger partial charge in [0, 0.05) is 0 Å². The lowest BCUT2D eigenvalue weighted by Crippen LogP contribution is -2.57. The normalized spacial score (nSPS) is 22.0. The number of ether oxygens (including phenoxy) is 1. The molecule has 17 heavy (non-hydrogen) atoms. The first-order chi connectivity index (χ1) is 7.96. The summed E-state index contributed by atoms with van der Waals surface area (Å²) in [6.07, 6.45) is 1.52. The van der Waals surface area contributed by atoms with Crippen LogP contribution in [0.2, 0.25) is 0 Å². The Labute approximate surface area is 103 Å². The number of rotatable bonds is 5. The van der Waals surface area contributed by atoms with E-state index >= 15 is 0 Å². The number of esters is 1. The predicted molar refractivity (Wildman–Crippen MR) is 65.5 cm³/mol. The van der Waals surface area contributed by atoms with Crippen LogP contribution in [-0.2, 0) is 19.4 Å². The topological polar surface area (TPSA) is 72.5 Å². The Morgan fingerprint density at radius 1 is 1.29 bits per heavy atom. The Kier molecular flexibility index (Phi) is 4.94. The quantitative estimate of drug-likeness (QED) is 0.731. The summed E-state index contributed by atoms with van der Waals surface area (Å²) in [6, 6.07) is 0. The fourth-order valence-corrected chi connectivity index (χ4v) is 3.50. The lowest BCUT2D eigenvalue weighted by Gasteiger charge is -2.35. The van der Waals surface area contributed by atoms with E-state index in [4.69, 9.17) is 4.74 Å². The highest BCUT2D eigenvalue weighted by atomic mass is 32.2. The summed E-state index contributed by atoms with van der Waals surface area (Å²) >= 11 is 0. The monoisotopic (exact) mass is 263 g/mol. The molecule has 5 nitrogen and oxygen atoms in total. The van der Waals surface area contributed by atoms with Crippen LogP contribution in [0.1, 0.15) is 33.1 Å². The summed E-state index contributed by atoms with van der Waals surface area (Å²) in [5, 5.41) is 3.17. The van der Waals surface area contributed by atoms with E-state index in [0.29, 0.717) is 26.0 Å². The first kappa shape index (κ1) is 14.4. The van der Waals surface area contributed by atoms with Gasteiger partial charge in [0.1, 0.15) is 15.4 Å². The molecular weight excluding hydrogens is 242 g/mol. The molecule has 0 unspecified atom stereocenters. The van der Waals surface area contributed by atoms with E-state index in [-0.39, 0.29) is 17.5 Å². The van der Waals surface area contributed by atoms with Gasteiger partial charge in [-0.15, -0.1) is 0 Å². The molecule has 0 aromatic heterocycles. The lowest BCUT2D eigenvalue weighted by atomic mass is 9.92. The molecule has 1 saturated heterocycles. The molecule has 0 bridgehead atoms. The van der Waals surface area contributed by atoms with Gasteiger partial charge in [-0.1, -0.05) is 6.92 Å². The van der Waals surface area contributed by atoms with Gasteiger partial charge in [-0.25, -0.2) is 8.42 Å². The average Bonchev–Trinajstić information content (AvgIpc) is 2.29. The van der Waals surface area contributed by atoms with Crippen molar-refractivity contribution in [3.05, 3.63) is 0 Å². The molecule has 1 aliphatic rings. The summed E-state index contributed by atoms with van der Waals surface area (Å²) in [5.74, 6) is -0.200. The number of hydrogen-bond acceptors (Lipinski definition) is 5. The second kappa shape index (κ2) is 5.82. The van der Waals surface area contributed by atoms with Crippen LogP contribution < -0.4 is 5.32 Å². The molecule has 6 heteroatoms. The van der Waals surface area contributed by atoms with Gasteiger partial charge in [-0.3, -0.25) is 4.79 Å². The van der Waals surface area contributed by atoms with Crippen molar-refractivity contribution >= 4 is 15.8 Å². The van der Waals surface area contributed by atoms with E-state index in [9.17, 15) is 13.2 Å². The van der Waals surface area contributed by atoms with E-state index in [2.05, 4.69) is 5.32 Å². The van der Waals surface area contributed by atoms with E-state index in [1.807, 2.05) is 6.92 Å². The summed E-state index contributed by atoms with van der Waals surface area (Å²) < 4.78 is 27.9. The number of sulfone groups is 1. The zero-order chi connectivity index (χ0) is 12.9. The Balaban J connectivity index is 2.77. The van der Waals surface area contributed by atoms with Gasteiger partial charge in [-0.05, 0) is 32.7 Å². The SMILES string of the molecule is CCCNC1(C(=O)OCC)CCS(=O)(=O)CC1. The standard InChI is InChI=1S/C11H21NO4S/c1-3-7-12-11(10(13)16-4-2)5-8-17(14,15)9-6-11/h12H,3-9H2,1-2H3. The van der Waals surface area contributed by atoms with E-state index in [1.54, 1.807) is 6.92 Å². The number of hydrogen-bond donors (Lipinski definition) is 1. The Bertz CT molecular complexity index is 350. The first-order valence-electron chi connectivity index (χ1n) is 6.08. The Morgan fingerprint density at radius 3 is 2.35 bits per heavy atom. The van der Waals surface area contributed by atoms with Crippen molar-refractivity contribution < 1.29 is 17.9 Å². The molecule has 0 radical (unpaired) electrons. The van der Waals surface area contributed by atoms with Crippen LogP contribution in [0.5, 0.6) is 0 Å². The lowest BCUT2D eigenvalue weighted by molar-refractivity contribution is -0.151. The maximum atomic E-state index is 12.0. The van der Waals surface area contributed by atoms with Gasteiger partial charge in [0.05, 0.1) is 18.1 Å². The van der Waals surface area contributed by atoms with E-state index in [1.165, 1.54) is 0 Å². The molecule has 0 aromatic rings. The van der Waals surface area contributed by atoms with Crippen molar-refractivity contribution in [1.82, 2.24) is 5.32 Å². The van der Waals surface area contributed by atoms with Gasteiger partial charge >= 0.3 is 5.97 Å². The van der Waals surface area contributed by atoms with Gasteiger partial charge in [-0.2, -0.15) is 0 Å². The third-order valence-corrected chi connectivity index (χ3v) is 4.71. The van der Waals surface area contributed by atoms with Crippen molar-refractivity contribution in [3.63, 3.8) is 0 Å². The average molecular weight is 263 g/mol.